The van der Waals surface area contributed by atoms with Crippen LogP contribution in [0.5, 0.6) is 0 Å². The predicted molar refractivity (Wildman–Crippen MR) is 100 cm³/mol. The van der Waals surface area contributed by atoms with E-state index in [9.17, 15) is 4.39 Å². The van der Waals surface area contributed by atoms with Gasteiger partial charge >= 0.3 is 0 Å². The van der Waals surface area contributed by atoms with Crippen LogP contribution in [-0.2, 0) is 0 Å². The van der Waals surface area contributed by atoms with E-state index < -0.39 is 0 Å². The maximum atomic E-state index is 13.2. The molecule has 6 rings (SSSR count). The number of benzene rings is 1. The van der Waals surface area contributed by atoms with Gasteiger partial charge in [-0.2, -0.15) is 5.10 Å². The second-order valence-corrected chi connectivity index (χ2v) is 7.58. The number of nitrogens with one attached hydrogen (secondary N) is 1. The molecule has 0 spiro atoms. The molecule has 4 heterocycles. The molecule has 3 aliphatic rings. The highest BCUT2D eigenvalue weighted by Crippen LogP contribution is 2.45. The average Bonchev–Trinajstić information content (AvgIpc) is 3.46. The molecule has 1 aromatic carbocycles. The van der Waals surface area contributed by atoms with Gasteiger partial charge in [-0.25, -0.2) is 14.1 Å². The molecule has 142 valence electrons. The van der Waals surface area contributed by atoms with Crippen LogP contribution in [0.1, 0.15) is 37.4 Å². The molecule has 1 saturated carbocycles. The Labute approximate surface area is 160 Å². The molecule has 2 aliphatic heterocycles. The van der Waals surface area contributed by atoms with Gasteiger partial charge in [-0.3, -0.25) is 10.3 Å². The van der Waals surface area contributed by atoms with Crippen LogP contribution in [0.4, 0.5) is 10.2 Å². The van der Waals surface area contributed by atoms with Gasteiger partial charge in [0.15, 0.2) is 11.5 Å². The number of imidazole rings is 1. The molecule has 0 radical (unpaired) electrons. The molecule has 0 saturated heterocycles. The molecular weight excluding hydrogens is 359 g/mol. The molecular formula is C19H19FN8. The monoisotopic (exact) mass is 378 g/mol. The summed E-state index contributed by atoms with van der Waals surface area (Å²) in [6, 6.07) is 6.63. The molecule has 8 nitrogen and oxygen atoms in total. The molecule has 3 atom stereocenters. The number of fused-ring (bicyclic) bond motifs is 6. The lowest BCUT2D eigenvalue weighted by molar-refractivity contribution is 0.176. The summed E-state index contributed by atoms with van der Waals surface area (Å²) >= 11 is 0. The Hall–Kier alpha value is -3.23. The number of hydrogen-bond donors (Lipinski definition) is 1. The van der Waals surface area contributed by atoms with Crippen LogP contribution in [0.3, 0.4) is 0 Å². The van der Waals surface area contributed by atoms with Crippen molar-refractivity contribution in [1.29, 1.82) is 0 Å². The Kier molecular flexibility index (Phi) is 3.32. The first-order chi connectivity index (χ1) is 13.8. The van der Waals surface area contributed by atoms with Gasteiger partial charge in [0.1, 0.15) is 17.8 Å². The van der Waals surface area contributed by atoms with Crippen LogP contribution in [0, 0.1) is 11.7 Å². The van der Waals surface area contributed by atoms with Crippen LogP contribution >= 0.6 is 0 Å². The lowest BCUT2D eigenvalue weighted by atomic mass is 9.80. The van der Waals surface area contributed by atoms with Crippen LogP contribution < -0.4 is 10.3 Å². The zero-order valence-corrected chi connectivity index (χ0v) is 15.1. The lowest BCUT2D eigenvalue weighted by Gasteiger charge is -2.45. The van der Waals surface area contributed by atoms with Crippen molar-refractivity contribution >= 4 is 11.7 Å². The van der Waals surface area contributed by atoms with E-state index in [2.05, 4.69) is 35.3 Å². The number of halogens is 1. The van der Waals surface area contributed by atoms with E-state index in [0.717, 1.165) is 17.3 Å². The van der Waals surface area contributed by atoms with Crippen molar-refractivity contribution in [2.24, 2.45) is 11.0 Å². The maximum absolute atomic E-state index is 13.2. The number of nitrogens with zero attached hydrogens (tertiary/aromatic N) is 7. The van der Waals surface area contributed by atoms with Gasteiger partial charge in [0, 0.05) is 12.0 Å². The summed E-state index contributed by atoms with van der Waals surface area (Å²) in [5.74, 6) is 1.97. The highest BCUT2D eigenvalue weighted by atomic mass is 19.1. The summed E-state index contributed by atoms with van der Waals surface area (Å²) in [6.07, 6.45) is 10.6. The Morgan fingerprint density at radius 2 is 1.96 bits per heavy atom. The number of amidine groups is 1. The quantitative estimate of drug-likeness (QED) is 0.741. The normalized spacial score (nSPS) is 25.5. The van der Waals surface area contributed by atoms with Crippen molar-refractivity contribution in [3.8, 4) is 5.69 Å². The molecule has 0 amide bonds. The zero-order valence-electron chi connectivity index (χ0n) is 15.1. The van der Waals surface area contributed by atoms with E-state index in [4.69, 9.17) is 0 Å². The van der Waals surface area contributed by atoms with Crippen molar-refractivity contribution in [1.82, 2.24) is 30.0 Å². The topological polar surface area (TPSA) is 76.2 Å². The standard InChI is InChI=1S/C19H19FN8/c20-12-5-7-13(8-6-12)27-10-15(22-25-27)19-24-23-18-14-3-1-2-4-16(14)26-11-21-9-17(26)28(18)19/h5-11,14,16,18,23H,1-4H2. The summed E-state index contributed by atoms with van der Waals surface area (Å²) in [7, 11) is 0. The summed E-state index contributed by atoms with van der Waals surface area (Å²) in [5.41, 5.74) is 4.76. The summed E-state index contributed by atoms with van der Waals surface area (Å²) in [4.78, 5) is 6.60. The Bertz CT molecular complexity index is 1050. The van der Waals surface area contributed by atoms with E-state index in [1.165, 1.54) is 37.8 Å². The first-order valence-electron chi connectivity index (χ1n) is 9.62. The van der Waals surface area contributed by atoms with Crippen molar-refractivity contribution in [2.45, 2.75) is 37.9 Å². The number of hydrazone groups is 1. The highest BCUT2D eigenvalue weighted by molar-refractivity contribution is 6.09. The Morgan fingerprint density at radius 1 is 1.11 bits per heavy atom. The third-order valence-corrected chi connectivity index (χ3v) is 6.06. The second kappa shape index (κ2) is 5.88. The van der Waals surface area contributed by atoms with Gasteiger partial charge in [0.05, 0.1) is 24.4 Å². The van der Waals surface area contributed by atoms with E-state index >= 15 is 0 Å². The largest absolute Gasteiger partial charge is 0.314 e. The van der Waals surface area contributed by atoms with Gasteiger partial charge in [-0.15, -0.1) is 5.10 Å². The Morgan fingerprint density at radius 3 is 2.86 bits per heavy atom. The highest BCUT2D eigenvalue weighted by Gasteiger charge is 2.47. The molecule has 1 N–H and O–H groups in total. The van der Waals surface area contributed by atoms with Crippen molar-refractivity contribution < 1.29 is 4.39 Å². The van der Waals surface area contributed by atoms with Crippen molar-refractivity contribution in [3.05, 3.63) is 54.5 Å². The van der Waals surface area contributed by atoms with Crippen LogP contribution in [0.15, 0.2) is 48.1 Å². The maximum Gasteiger partial charge on any atom is 0.185 e. The van der Waals surface area contributed by atoms with Gasteiger partial charge in [-0.1, -0.05) is 18.1 Å². The molecule has 28 heavy (non-hydrogen) atoms. The minimum atomic E-state index is -0.278. The first-order valence-corrected chi connectivity index (χ1v) is 9.62. The Balaban J connectivity index is 1.38. The number of anilines is 1. The number of rotatable bonds is 2. The van der Waals surface area contributed by atoms with Gasteiger partial charge < -0.3 is 4.57 Å². The number of hydrogen-bond acceptors (Lipinski definition) is 6. The van der Waals surface area contributed by atoms with Gasteiger partial charge in [0.2, 0.25) is 0 Å². The fraction of sp³-hybridized carbons (Fsp3) is 0.368. The molecule has 9 heteroatoms. The molecule has 3 aromatic rings. The summed E-state index contributed by atoms with van der Waals surface area (Å²) in [5, 5.41) is 13.2. The lowest BCUT2D eigenvalue weighted by Crippen LogP contribution is -2.53. The summed E-state index contributed by atoms with van der Waals surface area (Å²) < 4.78 is 17.1. The van der Waals surface area contributed by atoms with Crippen LogP contribution in [0.25, 0.3) is 5.69 Å². The number of aromatic nitrogens is 5. The summed E-state index contributed by atoms with van der Waals surface area (Å²) in [6.45, 7) is 0. The average molecular weight is 378 g/mol. The van der Waals surface area contributed by atoms with E-state index in [1.807, 2.05) is 18.7 Å². The molecule has 0 bridgehead atoms. The second-order valence-electron chi connectivity index (χ2n) is 7.58. The SMILES string of the molecule is Fc1ccc(-n2cc(C3=NNC4C5CCCCC5n5cncc5N34)nn2)cc1. The molecule has 1 aliphatic carbocycles. The van der Waals surface area contributed by atoms with E-state index in [0.29, 0.717) is 17.7 Å². The van der Waals surface area contributed by atoms with E-state index in [-0.39, 0.29) is 12.0 Å². The minimum Gasteiger partial charge on any atom is -0.314 e. The van der Waals surface area contributed by atoms with E-state index in [1.54, 1.807) is 16.8 Å². The van der Waals surface area contributed by atoms with Crippen LogP contribution in [0.2, 0.25) is 0 Å². The predicted octanol–water partition coefficient (Wildman–Crippen LogP) is 2.45. The first kappa shape index (κ1) is 15.8. The molecule has 1 fully saturated rings. The van der Waals surface area contributed by atoms with Crippen molar-refractivity contribution in [2.75, 3.05) is 4.90 Å². The third kappa shape index (κ3) is 2.22. The van der Waals surface area contributed by atoms with Gasteiger partial charge in [0.25, 0.3) is 0 Å². The zero-order chi connectivity index (χ0) is 18.7. The molecule has 3 unspecified atom stereocenters. The molecule has 2 aromatic heterocycles. The van der Waals surface area contributed by atoms with Crippen LogP contribution in [-0.4, -0.2) is 36.5 Å². The minimum absolute atomic E-state index is 0.112. The smallest absolute Gasteiger partial charge is 0.185 e. The fourth-order valence-corrected chi connectivity index (χ4v) is 4.77. The fourth-order valence-electron chi connectivity index (χ4n) is 4.77. The third-order valence-electron chi connectivity index (χ3n) is 6.06. The van der Waals surface area contributed by atoms with Crippen molar-refractivity contribution in [3.63, 3.8) is 0 Å². The van der Waals surface area contributed by atoms with Gasteiger partial charge in [-0.05, 0) is 37.1 Å².